The lowest BCUT2D eigenvalue weighted by Gasteiger charge is -2.24. The molecule has 1 aromatic heterocycles. The van der Waals surface area contributed by atoms with Crippen molar-refractivity contribution >= 4 is 30.5 Å². The van der Waals surface area contributed by atoms with Gasteiger partial charge in [-0.2, -0.15) is 9.89 Å². The first-order valence-electron chi connectivity index (χ1n) is 9.69. The Balaban J connectivity index is 1.58. The number of rotatable bonds is 9. The Hall–Kier alpha value is -2.52. The standard InChI is InChI=1S/C17H21N6O8PS/c18-28-8-13-11(31-32(19,26)33)6-14(30-13)23-7-12-16(22-17(23)24)21-15-9(27-5-4-20-25)2-1-3-10(15)29-12/h1-3,7,11,13-14H,4-6,8,18H2,(H3,19,26,33)(H,21,22,24)/t11?,13-,14-,32?/m1/s1. The highest BCUT2D eigenvalue weighted by atomic mass is 32.7. The molecule has 4 rings (SSSR count). The molecule has 2 unspecified atom stereocenters. The second-order valence-electron chi connectivity index (χ2n) is 7.11. The fourth-order valence-electron chi connectivity index (χ4n) is 3.51. The van der Waals surface area contributed by atoms with Crippen LogP contribution in [0.2, 0.25) is 0 Å². The monoisotopic (exact) mass is 500 g/mol. The molecule has 0 spiro atoms. The number of anilines is 2. The zero-order valence-electron chi connectivity index (χ0n) is 17.0. The third kappa shape index (κ3) is 5.35. The van der Waals surface area contributed by atoms with Crippen molar-refractivity contribution in [2.45, 2.75) is 24.9 Å². The third-order valence-corrected chi connectivity index (χ3v) is 5.70. The van der Waals surface area contributed by atoms with Gasteiger partial charge in [-0.25, -0.2) is 10.7 Å². The summed E-state index contributed by atoms with van der Waals surface area (Å²) in [7, 11) is 0. The summed E-state index contributed by atoms with van der Waals surface area (Å²) < 4.78 is 35.6. The number of hydrogen-bond donors (Lipinski definition) is 4. The van der Waals surface area contributed by atoms with Crippen molar-refractivity contribution in [1.82, 2.24) is 9.55 Å². The lowest BCUT2D eigenvalue weighted by atomic mass is 10.2. The molecule has 2 aliphatic heterocycles. The molecule has 33 heavy (non-hydrogen) atoms. The molecule has 178 valence electrons. The number of ether oxygens (including phenoxy) is 3. The summed E-state index contributed by atoms with van der Waals surface area (Å²) in [6, 6.07) is 5.08. The molecular formula is C17H21N6O8PS. The van der Waals surface area contributed by atoms with Crippen LogP contribution in [0.25, 0.3) is 0 Å². The van der Waals surface area contributed by atoms with Crippen LogP contribution in [0.15, 0.2) is 34.4 Å². The van der Waals surface area contributed by atoms with Crippen LogP contribution in [-0.2, 0) is 18.7 Å². The van der Waals surface area contributed by atoms with Gasteiger partial charge in [0, 0.05) is 6.42 Å². The van der Waals surface area contributed by atoms with Crippen LogP contribution in [0.5, 0.6) is 17.2 Å². The maximum atomic E-state index is 12.7. The van der Waals surface area contributed by atoms with Crippen LogP contribution in [-0.4, -0.2) is 41.5 Å². The molecule has 0 aliphatic carbocycles. The molecule has 0 bridgehead atoms. The van der Waals surface area contributed by atoms with Gasteiger partial charge < -0.3 is 28.9 Å². The second-order valence-corrected chi connectivity index (χ2v) is 10.1. The van der Waals surface area contributed by atoms with E-state index >= 15 is 0 Å². The molecule has 1 fully saturated rings. The molecule has 14 nitrogen and oxygen atoms in total. The van der Waals surface area contributed by atoms with Crippen LogP contribution < -0.4 is 31.9 Å². The van der Waals surface area contributed by atoms with E-state index < -0.39 is 30.8 Å². The highest BCUT2D eigenvalue weighted by Crippen LogP contribution is 2.48. The predicted octanol–water partition coefficient (Wildman–Crippen LogP) is 1.80. The minimum atomic E-state index is -3.63. The van der Waals surface area contributed by atoms with Crippen molar-refractivity contribution in [3.8, 4) is 17.2 Å². The van der Waals surface area contributed by atoms with Gasteiger partial charge in [0.25, 0.3) is 0 Å². The topological polar surface area (TPSA) is 192 Å². The van der Waals surface area contributed by atoms with E-state index in [9.17, 15) is 14.3 Å². The van der Waals surface area contributed by atoms with E-state index in [4.69, 9.17) is 30.1 Å². The maximum Gasteiger partial charge on any atom is 0.351 e. The van der Waals surface area contributed by atoms with Gasteiger partial charge in [-0.3, -0.25) is 14.6 Å². The van der Waals surface area contributed by atoms with Crippen molar-refractivity contribution in [2.24, 2.45) is 16.6 Å². The summed E-state index contributed by atoms with van der Waals surface area (Å²) in [4.78, 5) is 31.7. The quantitative estimate of drug-likeness (QED) is 0.110. The Morgan fingerprint density at radius 3 is 2.94 bits per heavy atom. The first kappa shape index (κ1) is 23.6. The van der Waals surface area contributed by atoms with Crippen LogP contribution >= 0.6 is 19.0 Å². The number of hydrogen-bond acceptors (Lipinski definition) is 12. The third-order valence-electron chi connectivity index (χ3n) is 4.85. The molecule has 0 amide bonds. The molecule has 2 aromatic rings. The summed E-state index contributed by atoms with van der Waals surface area (Å²) in [5.41, 5.74) is 5.22. The summed E-state index contributed by atoms with van der Waals surface area (Å²) in [6.45, 7) is -3.65. The second kappa shape index (κ2) is 9.77. The number of benzene rings is 1. The molecule has 0 saturated carbocycles. The number of aromatic nitrogens is 2. The molecule has 5 N–H and O–H groups in total. The Labute approximate surface area is 192 Å². The van der Waals surface area contributed by atoms with Gasteiger partial charge in [0.05, 0.1) is 18.9 Å². The maximum absolute atomic E-state index is 12.7. The Morgan fingerprint density at radius 1 is 1.39 bits per heavy atom. The molecule has 4 atom stereocenters. The molecule has 16 heteroatoms. The minimum Gasteiger partial charge on any atom is -0.489 e. The van der Waals surface area contributed by atoms with Crippen LogP contribution in [0.4, 0.5) is 11.5 Å². The Kier molecular flexibility index (Phi) is 6.99. The van der Waals surface area contributed by atoms with Gasteiger partial charge in [-0.15, -0.1) is 0 Å². The number of nitroso groups, excluding NO2 is 1. The first-order valence-corrected chi connectivity index (χ1v) is 12.5. The van der Waals surface area contributed by atoms with E-state index in [0.29, 0.717) is 17.2 Å². The minimum absolute atomic E-state index is 0.0147. The van der Waals surface area contributed by atoms with Gasteiger partial charge in [-0.05, 0) is 12.1 Å². The van der Waals surface area contributed by atoms with Gasteiger partial charge in [0.1, 0.15) is 36.9 Å². The number of nitrogens with one attached hydrogen (secondary N) is 1. The van der Waals surface area contributed by atoms with Crippen molar-refractivity contribution in [3.63, 3.8) is 0 Å². The Morgan fingerprint density at radius 2 is 2.21 bits per heavy atom. The molecule has 2 aliphatic rings. The summed E-state index contributed by atoms with van der Waals surface area (Å²) >= 11 is 3.75. The van der Waals surface area contributed by atoms with E-state index in [1.54, 1.807) is 18.2 Å². The Bertz CT molecular complexity index is 1140. The van der Waals surface area contributed by atoms with E-state index in [1.165, 1.54) is 10.8 Å². The van der Waals surface area contributed by atoms with Crippen LogP contribution in [0.1, 0.15) is 12.6 Å². The molecule has 0 radical (unpaired) electrons. The predicted molar refractivity (Wildman–Crippen MR) is 119 cm³/mol. The summed E-state index contributed by atoms with van der Waals surface area (Å²) in [5, 5.41) is 5.77. The van der Waals surface area contributed by atoms with Crippen molar-refractivity contribution in [3.05, 3.63) is 39.8 Å². The van der Waals surface area contributed by atoms with Gasteiger partial charge in [0.2, 0.25) is 0 Å². The number of para-hydroxylation sites is 1. The zero-order chi connectivity index (χ0) is 23.6. The zero-order valence-corrected chi connectivity index (χ0v) is 18.8. The first-order chi connectivity index (χ1) is 15.8. The lowest BCUT2D eigenvalue weighted by Crippen LogP contribution is -2.30. The SMILES string of the molecule is NOC[C@H]1O[C@@H](n2cc3c(nc2=O)Nc2c(OCCN=O)cccc2O3)CC1OP(N)(=O)S. The van der Waals surface area contributed by atoms with Crippen molar-refractivity contribution in [2.75, 3.05) is 25.1 Å². The van der Waals surface area contributed by atoms with E-state index in [-0.39, 0.29) is 37.7 Å². The van der Waals surface area contributed by atoms with Crippen molar-refractivity contribution < 1.29 is 28.1 Å². The van der Waals surface area contributed by atoms with Gasteiger partial charge in [0.15, 0.2) is 17.3 Å². The number of nitrogens with zero attached hydrogens (tertiary/aromatic N) is 3. The fourth-order valence-corrected chi connectivity index (χ4v) is 4.49. The summed E-state index contributed by atoms with van der Waals surface area (Å²) in [6.07, 6.45) is -0.818. The highest BCUT2D eigenvalue weighted by molar-refractivity contribution is 8.45. The van der Waals surface area contributed by atoms with Crippen LogP contribution in [0, 0.1) is 4.91 Å². The number of thiol groups is 1. The van der Waals surface area contributed by atoms with Gasteiger partial charge >= 0.3 is 12.4 Å². The average Bonchev–Trinajstić information content (AvgIpc) is 3.13. The van der Waals surface area contributed by atoms with Crippen LogP contribution in [0.3, 0.4) is 0 Å². The normalized spacial score (nSPS) is 22.9. The largest absolute Gasteiger partial charge is 0.489 e. The molecule has 1 aromatic carbocycles. The lowest BCUT2D eigenvalue weighted by molar-refractivity contribution is -0.0600. The number of fused-ring (bicyclic) bond motifs is 2. The van der Waals surface area contributed by atoms with E-state index in [0.717, 1.165) is 0 Å². The average molecular weight is 500 g/mol. The molecular weight excluding hydrogens is 479 g/mol. The molecule has 3 heterocycles. The highest BCUT2D eigenvalue weighted by Gasteiger charge is 2.40. The van der Waals surface area contributed by atoms with E-state index in [1.807, 2.05) is 0 Å². The molecule has 1 saturated heterocycles. The van der Waals surface area contributed by atoms with Crippen molar-refractivity contribution in [1.29, 1.82) is 0 Å². The fraction of sp³-hybridized carbons (Fsp3) is 0.412. The number of nitrogens with two attached hydrogens (primary N) is 2. The van der Waals surface area contributed by atoms with Gasteiger partial charge in [-0.1, -0.05) is 23.5 Å². The van der Waals surface area contributed by atoms with E-state index in [2.05, 4.69) is 32.6 Å². The smallest absolute Gasteiger partial charge is 0.351 e. The summed E-state index contributed by atoms with van der Waals surface area (Å²) in [5.74, 6) is 6.40.